The van der Waals surface area contributed by atoms with Crippen LogP contribution in [0.25, 0.3) is 10.9 Å². The summed E-state index contributed by atoms with van der Waals surface area (Å²) in [5, 5.41) is 35.5. The van der Waals surface area contributed by atoms with Crippen molar-refractivity contribution in [2.75, 3.05) is 0 Å². The number of amides is 3. The Morgan fingerprint density at radius 1 is 0.829 bits per heavy atom. The van der Waals surface area contributed by atoms with Crippen LogP contribution in [0.3, 0.4) is 0 Å². The number of carboxylic acid groups (broad SMARTS) is 3. The molecule has 9 N–H and O–H groups in total. The van der Waals surface area contributed by atoms with Crippen molar-refractivity contribution in [1.29, 1.82) is 0 Å². The Hall–Kier alpha value is -4.46. The Morgan fingerprint density at radius 2 is 1.37 bits per heavy atom. The molecule has 0 aliphatic heterocycles. The van der Waals surface area contributed by atoms with Crippen molar-refractivity contribution in [2.45, 2.75) is 76.5 Å². The first kappa shape index (κ1) is 32.8. The van der Waals surface area contributed by atoms with E-state index in [1.54, 1.807) is 13.1 Å². The van der Waals surface area contributed by atoms with E-state index < -0.39 is 85.5 Å². The number of nitrogens with two attached hydrogens (primary N) is 1. The molecular weight excluding hydrogens is 538 g/mol. The molecule has 41 heavy (non-hydrogen) atoms. The molecule has 0 fully saturated rings. The molecule has 0 saturated heterocycles. The van der Waals surface area contributed by atoms with Crippen LogP contribution in [0, 0.1) is 5.92 Å². The van der Waals surface area contributed by atoms with Crippen molar-refractivity contribution in [2.24, 2.45) is 11.7 Å². The zero-order valence-electron chi connectivity index (χ0n) is 22.9. The number of benzene rings is 1. The third-order valence-electron chi connectivity index (χ3n) is 6.83. The third kappa shape index (κ3) is 9.90. The molecule has 0 aliphatic carbocycles. The predicted octanol–water partition coefficient (Wildman–Crippen LogP) is 0.352. The first-order valence-electron chi connectivity index (χ1n) is 13.2. The number of hydrogen-bond donors (Lipinski definition) is 8. The van der Waals surface area contributed by atoms with E-state index >= 15 is 0 Å². The highest BCUT2D eigenvalue weighted by Crippen LogP contribution is 2.19. The minimum absolute atomic E-state index is 0.00154. The summed E-state index contributed by atoms with van der Waals surface area (Å²) in [7, 11) is 0. The van der Waals surface area contributed by atoms with Crippen LogP contribution >= 0.6 is 0 Å². The first-order valence-corrected chi connectivity index (χ1v) is 13.2. The van der Waals surface area contributed by atoms with Gasteiger partial charge in [0.1, 0.15) is 18.1 Å². The summed E-state index contributed by atoms with van der Waals surface area (Å²) in [6, 6.07) is 2.08. The van der Waals surface area contributed by atoms with E-state index in [2.05, 4.69) is 20.9 Å². The SMILES string of the molecule is CCC(C)C(N)C(=O)NC(Cc1c[nH]c2ccccc12)C(=O)NC(CCC(=O)O)C(=O)NC(CCC(=O)O)C(=O)O. The number of para-hydroxylation sites is 1. The summed E-state index contributed by atoms with van der Waals surface area (Å²) in [6.45, 7) is 3.65. The third-order valence-corrected chi connectivity index (χ3v) is 6.83. The lowest BCUT2D eigenvalue weighted by Gasteiger charge is -2.26. The monoisotopic (exact) mass is 575 g/mol. The van der Waals surface area contributed by atoms with Gasteiger partial charge in [-0.2, -0.15) is 0 Å². The van der Waals surface area contributed by atoms with Gasteiger partial charge >= 0.3 is 17.9 Å². The lowest BCUT2D eigenvalue weighted by molar-refractivity contribution is -0.144. The molecule has 0 bridgehead atoms. The van der Waals surface area contributed by atoms with Gasteiger partial charge in [-0.25, -0.2) is 4.79 Å². The van der Waals surface area contributed by atoms with E-state index in [4.69, 9.17) is 15.9 Å². The summed E-state index contributed by atoms with van der Waals surface area (Å²) in [6.07, 6.45) is 0.389. The summed E-state index contributed by atoms with van der Waals surface area (Å²) < 4.78 is 0. The molecule has 3 amide bonds. The van der Waals surface area contributed by atoms with Crippen LogP contribution in [0.15, 0.2) is 30.5 Å². The molecule has 0 aliphatic rings. The van der Waals surface area contributed by atoms with E-state index in [9.17, 15) is 33.9 Å². The van der Waals surface area contributed by atoms with Crippen LogP contribution in [0.1, 0.15) is 51.5 Å². The van der Waals surface area contributed by atoms with Crippen LogP contribution in [0.2, 0.25) is 0 Å². The lowest BCUT2D eigenvalue weighted by Crippen LogP contribution is -2.58. The number of fused-ring (bicyclic) bond motifs is 1. The van der Waals surface area contributed by atoms with E-state index in [-0.39, 0.29) is 12.3 Å². The fourth-order valence-electron chi connectivity index (χ4n) is 4.12. The van der Waals surface area contributed by atoms with Crippen LogP contribution in [0.5, 0.6) is 0 Å². The summed E-state index contributed by atoms with van der Waals surface area (Å²) in [5.74, 6) is -6.64. The molecular formula is C27H37N5O9. The lowest BCUT2D eigenvalue weighted by atomic mass is 9.98. The minimum atomic E-state index is -1.59. The smallest absolute Gasteiger partial charge is 0.326 e. The maximum atomic E-state index is 13.5. The average molecular weight is 576 g/mol. The highest BCUT2D eigenvalue weighted by atomic mass is 16.4. The maximum absolute atomic E-state index is 13.5. The second kappa shape index (κ2) is 15.4. The molecule has 14 heteroatoms. The Bertz CT molecular complexity index is 1260. The number of hydrogen-bond acceptors (Lipinski definition) is 7. The molecule has 0 spiro atoms. The Morgan fingerprint density at radius 3 is 1.95 bits per heavy atom. The highest BCUT2D eigenvalue weighted by molar-refractivity contribution is 5.95. The van der Waals surface area contributed by atoms with Gasteiger partial charge in [0.05, 0.1) is 6.04 Å². The fraction of sp³-hybridized carbons (Fsp3) is 0.481. The highest BCUT2D eigenvalue weighted by Gasteiger charge is 2.32. The van der Waals surface area contributed by atoms with E-state index in [0.29, 0.717) is 12.0 Å². The molecule has 1 heterocycles. The van der Waals surface area contributed by atoms with Gasteiger partial charge in [-0.1, -0.05) is 38.5 Å². The molecule has 0 saturated carbocycles. The molecule has 1 aromatic carbocycles. The molecule has 1 aromatic heterocycles. The topological polar surface area (TPSA) is 241 Å². The van der Waals surface area contributed by atoms with Crippen molar-refractivity contribution in [3.05, 3.63) is 36.0 Å². The maximum Gasteiger partial charge on any atom is 0.326 e. The molecule has 5 atom stereocenters. The number of aromatic amines is 1. The van der Waals surface area contributed by atoms with Crippen molar-refractivity contribution in [3.63, 3.8) is 0 Å². The second-order valence-corrected chi connectivity index (χ2v) is 9.86. The fourth-order valence-corrected chi connectivity index (χ4v) is 4.12. The van der Waals surface area contributed by atoms with Crippen molar-refractivity contribution in [3.8, 4) is 0 Å². The Labute approximate surface area is 236 Å². The summed E-state index contributed by atoms with van der Waals surface area (Å²) in [4.78, 5) is 76.2. The standard InChI is InChI=1S/C27H37N5O9/c1-3-14(2)23(28)26(39)32-20(12-15-13-29-17-7-5-4-6-16(15)17)25(38)30-18(8-10-21(33)34)24(37)31-19(27(40)41)9-11-22(35)36/h4-7,13-14,18-20,23,29H,3,8-12,28H2,1-2H3,(H,30,38)(H,31,37)(H,32,39)(H,33,34)(H,35,36)(H,40,41). The number of nitrogens with one attached hydrogen (secondary N) is 4. The van der Waals surface area contributed by atoms with Crippen LogP contribution in [-0.2, 0) is 35.2 Å². The predicted molar refractivity (Wildman–Crippen MR) is 147 cm³/mol. The molecule has 0 radical (unpaired) electrons. The quantitative estimate of drug-likeness (QED) is 0.129. The number of carbonyl (C=O) groups is 6. The van der Waals surface area contributed by atoms with Crippen LogP contribution < -0.4 is 21.7 Å². The number of rotatable bonds is 17. The largest absolute Gasteiger partial charge is 0.481 e. The van der Waals surface area contributed by atoms with Crippen molar-refractivity contribution < 1.29 is 44.1 Å². The van der Waals surface area contributed by atoms with Crippen LogP contribution in [-0.4, -0.2) is 80.1 Å². The second-order valence-electron chi connectivity index (χ2n) is 9.86. The molecule has 2 aromatic rings. The zero-order chi connectivity index (χ0) is 30.7. The summed E-state index contributed by atoms with van der Waals surface area (Å²) >= 11 is 0. The number of carbonyl (C=O) groups excluding carboxylic acids is 3. The zero-order valence-corrected chi connectivity index (χ0v) is 22.9. The molecule has 14 nitrogen and oxygen atoms in total. The summed E-state index contributed by atoms with van der Waals surface area (Å²) in [5.41, 5.74) is 7.55. The van der Waals surface area contributed by atoms with Gasteiger partial charge in [0.25, 0.3) is 0 Å². The molecule has 224 valence electrons. The number of aliphatic carboxylic acids is 3. The van der Waals surface area contributed by atoms with Crippen LogP contribution in [0.4, 0.5) is 0 Å². The number of H-pyrrole nitrogens is 1. The Balaban J connectivity index is 2.32. The van der Waals surface area contributed by atoms with Gasteiger partial charge in [0, 0.05) is 36.4 Å². The molecule has 2 rings (SSSR count). The van der Waals surface area contributed by atoms with Crippen molar-refractivity contribution in [1.82, 2.24) is 20.9 Å². The average Bonchev–Trinajstić information content (AvgIpc) is 3.33. The number of aromatic nitrogens is 1. The van der Waals surface area contributed by atoms with Gasteiger partial charge < -0.3 is 42.0 Å². The first-order chi connectivity index (χ1) is 19.3. The van der Waals surface area contributed by atoms with E-state index in [1.807, 2.05) is 31.2 Å². The van der Waals surface area contributed by atoms with Gasteiger partial charge in [-0.05, 0) is 30.4 Å². The van der Waals surface area contributed by atoms with Crippen molar-refractivity contribution >= 4 is 46.5 Å². The van der Waals surface area contributed by atoms with E-state index in [1.165, 1.54) is 0 Å². The Kier molecular flexibility index (Phi) is 12.3. The van der Waals surface area contributed by atoms with Gasteiger partial charge in [-0.3, -0.25) is 24.0 Å². The van der Waals surface area contributed by atoms with Gasteiger partial charge in [-0.15, -0.1) is 0 Å². The number of carboxylic acids is 3. The van der Waals surface area contributed by atoms with Gasteiger partial charge in [0.15, 0.2) is 0 Å². The van der Waals surface area contributed by atoms with Gasteiger partial charge in [0.2, 0.25) is 17.7 Å². The minimum Gasteiger partial charge on any atom is -0.481 e. The normalized spacial score (nSPS) is 14.7. The molecule has 5 unspecified atom stereocenters. The van der Waals surface area contributed by atoms with E-state index in [0.717, 1.165) is 10.9 Å².